The van der Waals surface area contributed by atoms with Crippen LogP contribution in [0.1, 0.15) is 34.4 Å². The van der Waals surface area contributed by atoms with E-state index in [1.807, 2.05) is 0 Å². The highest BCUT2D eigenvalue weighted by atomic mass is 35.5. The fraction of sp³-hybridized carbons (Fsp3) is 0.240. The van der Waals surface area contributed by atoms with E-state index in [0.717, 1.165) is 45.8 Å². The molecule has 2 atom stereocenters. The average molecular weight is 575 g/mol. The van der Waals surface area contributed by atoms with Gasteiger partial charge in [-0.25, -0.2) is 9.36 Å². The number of rotatable bonds is 6. The SMILES string of the molecule is Cc1ccn(-c2cc(Cl)ccc2C(C(=O)C(c2ccc(Cl)cc2-n2ccc(C)n2)C(F)(F)F)C(F)(F)F)n1. The Morgan fingerprint density at radius 2 is 1.08 bits per heavy atom. The van der Waals surface area contributed by atoms with Gasteiger partial charge in [0, 0.05) is 22.4 Å². The molecule has 4 rings (SSSR count). The van der Waals surface area contributed by atoms with E-state index in [0.29, 0.717) is 11.4 Å². The Morgan fingerprint density at radius 3 is 1.37 bits per heavy atom. The molecule has 5 nitrogen and oxygen atoms in total. The summed E-state index contributed by atoms with van der Waals surface area (Å²) in [7, 11) is 0. The molecule has 0 aliphatic heterocycles. The maximum absolute atomic E-state index is 14.5. The largest absolute Gasteiger partial charge is 0.402 e. The van der Waals surface area contributed by atoms with Crippen molar-refractivity contribution in [3.8, 4) is 11.4 Å². The van der Waals surface area contributed by atoms with E-state index in [9.17, 15) is 31.1 Å². The van der Waals surface area contributed by atoms with Crippen LogP contribution in [0.15, 0.2) is 60.9 Å². The molecule has 0 spiro atoms. The second-order valence-corrected chi connectivity index (χ2v) is 9.43. The van der Waals surface area contributed by atoms with E-state index in [2.05, 4.69) is 10.2 Å². The van der Waals surface area contributed by atoms with Crippen LogP contribution in [-0.2, 0) is 4.79 Å². The third kappa shape index (κ3) is 5.58. The average Bonchev–Trinajstić information content (AvgIpc) is 3.42. The van der Waals surface area contributed by atoms with Crippen LogP contribution < -0.4 is 0 Å². The fourth-order valence-electron chi connectivity index (χ4n) is 4.17. The fourth-order valence-corrected chi connectivity index (χ4v) is 4.50. The molecule has 0 N–H and O–H groups in total. The Morgan fingerprint density at radius 1 is 0.711 bits per heavy atom. The van der Waals surface area contributed by atoms with Gasteiger partial charge in [0.05, 0.1) is 22.8 Å². The molecule has 200 valence electrons. The molecule has 0 saturated heterocycles. The molecular weight excluding hydrogens is 557 g/mol. The van der Waals surface area contributed by atoms with Gasteiger partial charge >= 0.3 is 12.4 Å². The van der Waals surface area contributed by atoms with Gasteiger partial charge in [0.1, 0.15) is 11.8 Å². The summed E-state index contributed by atoms with van der Waals surface area (Å²) >= 11 is 12.0. The van der Waals surface area contributed by atoms with Crippen LogP contribution in [-0.4, -0.2) is 37.7 Å². The number of carbonyl (C=O) groups excluding carboxylic acids is 1. The van der Waals surface area contributed by atoms with E-state index < -0.39 is 41.1 Å². The van der Waals surface area contributed by atoms with Crippen LogP contribution in [0, 0.1) is 13.8 Å². The number of hydrogen-bond acceptors (Lipinski definition) is 3. The number of halogens is 8. The molecule has 13 heteroatoms. The molecular formula is C25H18Cl2F6N4O. The third-order valence-electron chi connectivity index (χ3n) is 5.77. The Labute approximate surface area is 222 Å². The second-order valence-electron chi connectivity index (χ2n) is 8.56. The number of alkyl halides is 6. The lowest BCUT2D eigenvalue weighted by molar-refractivity contribution is -0.183. The zero-order chi connectivity index (χ0) is 28.0. The standard InChI is InChI=1S/C25H18Cl2F6N4O/c1-13-7-9-36(34-13)19-11-15(26)3-5-17(19)21(24(28,29)30)23(38)22(25(31,32)33)18-6-4-16(27)12-20(18)37-10-8-14(2)35-37/h3-12,21-22H,1-2H3. The maximum atomic E-state index is 14.5. The van der Waals surface area contributed by atoms with Gasteiger partial charge in [-0.2, -0.15) is 36.5 Å². The first-order chi connectivity index (χ1) is 17.7. The number of nitrogens with zero attached hydrogens (tertiary/aromatic N) is 4. The van der Waals surface area contributed by atoms with Crippen molar-refractivity contribution in [2.24, 2.45) is 0 Å². The number of aromatic nitrogens is 4. The number of hydrogen-bond donors (Lipinski definition) is 0. The number of benzene rings is 2. The minimum atomic E-state index is -5.39. The Hall–Kier alpha value is -3.31. The molecule has 2 unspecified atom stereocenters. The lowest BCUT2D eigenvalue weighted by Gasteiger charge is -2.29. The molecule has 0 aliphatic rings. The summed E-state index contributed by atoms with van der Waals surface area (Å²) in [5.41, 5.74) is -1.15. The van der Waals surface area contributed by atoms with Gasteiger partial charge in [0.25, 0.3) is 0 Å². The van der Waals surface area contributed by atoms with Crippen LogP contribution >= 0.6 is 23.2 Å². The zero-order valence-corrected chi connectivity index (χ0v) is 21.2. The number of aryl methyl sites for hydroxylation is 2. The molecule has 0 radical (unpaired) electrons. The van der Waals surface area contributed by atoms with Gasteiger partial charge in [-0.05, 0) is 61.4 Å². The van der Waals surface area contributed by atoms with Crippen molar-refractivity contribution in [2.75, 3.05) is 0 Å². The summed E-state index contributed by atoms with van der Waals surface area (Å²) < 4.78 is 89.2. The predicted octanol–water partition coefficient (Wildman–Crippen LogP) is 7.54. The molecule has 38 heavy (non-hydrogen) atoms. The predicted molar refractivity (Wildman–Crippen MR) is 129 cm³/mol. The summed E-state index contributed by atoms with van der Waals surface area (Å²) in [6.07, 6.45) is -8.14. The van der Waals surface area contributed by atoms with Gasteiger partial charge < -0.3 is 0 Å². The molecule has 0 bridgehead atoms. The molecule has 0 saturated carbocycles. The van der Waals surface area contributed by atoms with Gasteiger partial charge in [0.2, 0.25) is 0 Å². The van der Waals surface area contributed by atoms with E-state index in [1.54, 1.807) is 13.8 Å². The second kappa shape index (κ2) is 10.1. The van der Waals surface area contributed by atoms with Gasteiger partial charge in [0.15, 0.2) is 5.78 Å². The van der Waals surface area contributed by atoms with Gasteiger partial charge in [-0.1, -0.05) is 35.3 Å². The first-order valence-electron chi connectivity index (χ1n) is 11.0. The highest BCUT2D eigenvalue weighted by Crippen LogP contribution is 2.47. The molecule has 2 heterocycles. The minimum Gasteiger partial charge on any atom is -0.298 e. The van der Waals surface area contributed by atoms with Crippen LogP contribution in [0.5, 0.6) is 0 Å². The lowest BCUT2D eigenvalue weighted by Crippen LogP contribution is -2.39. The molecule has 2 aromatic carbocycles. The highest BCUT2D eigenvalue weighted by molar-refractivity contribution is 6.31. The monoisotopic (exact) mass is 574 g/mol. The first-order valence-corrected chi connectivity index (χ1v) is 11.7. The third-order valence-corrected chi connectivity index (χ3v) is 6.24. The lowest BCUT2D eigenvalue weighted by atomic mass is 9.81. The van der Waals surface area contributed by atoms with Crippen molar-refractivity contribution >= 4 is 29.0 Å². The normalized spacial score (nSPS) is 13.9. The first kappa shape index (κ1) is 27.7. The van der Waals surface area contributed by atoms with Gasteiger partial charge in [-0.15, -0.1) is 0 Å². The zero-order valence-electron chi connectivity index (χ0n) is 19.6. The van der Waals surface area contributed by atoms with E-state index in [-0.39, 0.29) is 21.4 Å². The molecule has 0 amide bonds. The van der Waals surface area contributed by atoms with E-state index in [1.165, 1.54) is 24.5 Å². The van der Waals surface area contributed by atoms with E-state index >= 15 is 0 Å². The van der Waals surface area contributed by atoms with Gasteiger partial charge in [-0.3, -0.25) is 4.79 Å². The number of carbonyl (C=O) groups is 1. The van der Waals surface area contributed by atoms with Crippen molar-refractivity contribution in [3.05, 3.63) is 93.5 Å². The van der Waals surface area contributed by atoms with Crippen LogP contribution in [0.4, 0.5) is 26.3 Å². The van der Waals surface area contributed by atoms with Crippen molar-refractivity contribution in [1.82, 2.24) is 19.6 Å². The Bertz CT molecular complexity index is 1380. The highest BCUT2D eigenvalue weighted by Gasteiger charge is 2.56. The van der Waals surface area contributed by atoms with E-state index in [4.69, 9.17) is 23.2 Å². The maximum Gasteiger partial charge on any atom is 0.402 e. The Balaban J connectivity index is 1.95. The molecule has 0 aliphatic carbocycles. The van der Waals surface area contributed by atoms with Crippen molar-refractivity contribution < 1.29 is 31.1 Å². The summed E-state index contributed by atoms with van der Waals surface area (Å²) in [6, 6.07) is 9.11. The summed E-state index contributed by atoms with van der Waals surface area (Å²) in [5.74, 6) is -8.44. The van der Waals surface area contributed by atoms with Crippen LogP contribution in [0.3, 0.4) is 0 Å². The topological polar surface area (TPSA) is 52.7 Å². The van der Waals surface area contributed by atoms with Crippen LogP contribution in [0.25, 0.3) is 11.4 Å². The molecule has 0 fully saturated rings. The quantitative estimate of drug-likeness (QED) is 0.223. The summed E-state index contributed by atoms with van der Waals surface area (Å²) in [6.45, 7) is 3.15. The minimum absolute atomic E-state index is 0.00619. The Kier molecular flexibility index (Phi) is 7.37. The number of ketones is 1. The van der Waals surface area contributed by atoms with Crippen molar-refractivity contribution in [2.45, 2.75) is 38.0 Å². The van der Waals surface area contributed by atoms with Crippen molar-refractivity contribution in [3.63, 3.8) is 0 Å². The summed E-state index contributed by atoms with van der Waals surface area (Å²) in [4.78, 5) is 13.5. The van der Waals surface area contributed by atoms with Crippen LogP contribution in [0.2, 0.25) is 10.0 Å². The van der Waals surface area contributed by atoms with Crippen molar-refractivity contribution in [1.29, 1.82) is 0 Å². The molecule has 2 aromatic heterocycles. The smallest absolute Gasteiger partial charge is 0.298 e. The molecule has 4 aromatic rings. The number of Topliss-reactive ketones (excluding diaryl/α,β-unsaturated/α-hetero) is 1. The summed E-state index contributed by atoms with van der Waals surface area (Å²) in [5, 5.41) is 8.12.